The number of fused-ring (bicyclic) bond motifs is 1. The van der Waals surface area contributed by atoms with Crippen molar-refractivity contribution in [1.82, 2.24) is 25.0 Å². The van der Waals surface area contributed by atoms with Crippen LogP contribution < -0.4 is 5.32 Å². The van der Waals surface area contributed by atoms with E-state index < -0.39 is 0 Å². The lowest BCUT2D eigenvalue weighted by Gasteiger charge is -2.37. The Morgan fingerprint density at radius 1 is 1.37 bits per heavy atom. The molecule has 1 aliphatic heterocycles. The number of hydrogen-bond acceptors (Lipinski definition) is 4. The third-order valence-electron chi connectivity index (χ3n) is 3.84. The van der Waals surface area contributed by atoms with Gasteiger partial charge in [0, 0.05) is 25.7 Å². The van der Waals surface area contributed by atoms with Gasteiger partial charge >= 0.3 is 0 Å². The monoisotopic (exact) mass is 265 g/mol. The van der Waals surface area contributed by atoms with Crippen LogP contribution in [-0.4, -0.2) is 45.3 Å². The molecule has 2 heterocycles. The molecule has 0 aliphatic carbocycles. The van der Waals surface area contributed by atoms with Gasteiger partial charge in [-0.2, -0.15) is 0 Å². The molecule has 0 saturated heterocycles. The lowest BCUT2D eigenvalue weighted by Crippen LogP contribution is -2.50. The molecule has 0 radical (unpaired) electrons. The largest absolute Gasteiger partial charge is 0.315 e. The van der Waals surface area contributed by atoms with Gasteiger partial charge in [0.05, 0.1) is 6.54 Å². The lowest BCUT2D eigenvalue weighted by atomic mass is 9.86. The Kier molecular flexibility index (Phi) is 4.58. The van der Waals surface area contributed by atoms with Gasteiger partial charge in [-0.05, 0) is 18.4 Å². The first-order chi connectivity index (χ1) is 9.00. The Hall–Kier alpha value is -0.940. The van der Waals surface area contributed by atoms with Crippen molar-refractivity contribution < 1.29 is 0 Å². The van der Waals surface area contributed by atoms with Crippen LogP contribution in [0.25, 0.3) is 0 Å². The van der Waals surface area contributed by atoms with Crippen LogP contribution in [0.5, 0.6) is 0 Å². The summed E-state index contributed by atoms with van der Waals surface area (Å²) >= 11 is 0. The third kappa shape index (κ3) is 3.76. The van der Waals surface area contributed by atoms with Crippen LogP contribution in [-0.2, 0) is 13.1 Å². The SMILES string of the molecule is CCCNC(CN1CCn2cnnc2C1)C(C)(C)C. The Morgan fingerprint density at radius 2 is 2.16 bits per heavy atom. The molecule has 0 aromatic carbocycles. The molecule has 2 rings (SSSR count). The fourth-order valence-corrected chi connectivity index (χ4v) is 2.49. The Labute approximate surface area is 116 Å². The van der Waals surface area contributed by atoms with Crippen LogP contribution in [0.4, 0.5) is 0 Å². The number of aromatic nitrogens is 3. The highest BCUT2D eigenvalue weighted by molar-refractivity contribution is 4.92. The van der Waals surface area contributed by atoms with Crippen molar-refractivity contribution in [2.45, 2.75) is 53.2 Å². The minimum absolute atomic E-state index is 0.278. The molecule has 1 N–H and O–H groups in total. The first-order valence-electron chi connectivity index (χ1n) is 7.33. The minimum atomic E-state index is 0.278. The summed E-state index contributed by atoms with van der Waals surface area (Å²) in [7, 11) is 0. The standard InChI is InChI=1S/C14H27N5/c1-5-6-15-12(14(2,3)4)9-18-7-8-19-11-16-17-13(19)10-18/h11-12,15H,5-10H2,1-4H3. The highest BCUT2D eigenvalue weighted by Crippen LogP contribution is 2.21. The van der Waals surface area contributed by atoms with E-state index in [1.54, 1.807) is 0 Å². The number of hydrogen-bond donors (Lipinski definition) is 1. The van der Waals surface area contributed by atoms with Gasteiger partial charge in [0.25, 0.3) is 0 Å². The van der Waals surface area contributed by atoms with E-state index in [9.17, 15) is 0 Å². The molecule has 0 fully saturated rings. The fraction of sp³-hybridized carbons (Fsp3) is 0.857. The highest BCUT2D eigenvalue weighted by Gasteiger charge is 2.27. The van der Waals surface area contributed by atoms with Gasteiger partial charge < -0.3 is 9.88 Å². The molecule has 0 bridgehead atoms. The highest BCUT2D eigenvalue weighted by atomic mass is 15.3. The maximum absolute atomic E-state index is 4.19. The molecule has 5 heteroatoms. The van der Waals surface area contributed by atoms with E-state index in [-0.39, 0.29) is 5.41 Å². The van der Waals surface area contributed by atoms with Gasteiger partial charge in [0.15, 0.2) is 0 Å². The second-order valence-corrected chi connectivity index (χ2v) is 6.55. The molecule has 0 saturated carbocycles. The average molecular weight is 265 g/mol. The Balaban J connectivity index is 1.95. The first kappa shape index (κ1) is 14.5. The summed E-state index contributed by atoms with van der Waals surface area (Å²) in [6, 6.07) is 0.516. The summed E-state index contributed by atoms with van der Waals surface area (Å²) in [5, 5.41) is 11.9. The maximum atomic E-state index is 4.19. The van der Waals surface area contributed by atoms with Crippen molar-refractivity contribution in [3.05, 3.63) is 12.2 Å². The van der Waals surface area contributed by atoms with E-state index >= 15 is 0 Å². The normalized spacial score (nSPS) is 18.3. The van der Waals surface area contributed by atoms with Crippen LogP contribution in [0, 0.1) is 5.41 Å². The molecule has 108 valence electrons. The van der Waals surface area contributed by atoms with E-state index in [1.165, 1.54) is 6.42 Å². The molecule has 1 unspecified atom stereocenters. The summed E-state index contributed by atoms with van der Waals surface area (Å²) in [6.07, 6.45) is 3.02. The lowest BCUT2D eigenvalue weighted by molar-refractivity contribution is 0.146. The summed E-state index contributed by atoms with van der Waals surface area (Å²) in [5.41, 5.74) is 0.278. The third-order valence-corrected chi connectivity index (χ3v) is 3.84. The molecular formula is C14H27N5. The topological polar surface area (TPSA) is 46.0 Å². The van der Waals surface area contributed by atoms with Crippen LogP contribution in [0.2, 0.25) is 0 Å². The predicted molar refractivity (Wildman–Crippen MR) is 76.8 cm³/mol. The van der Waals surface area contributed by atoms with E-state index in [0.29, 0.717) is 6.04 Å². The van der Waals surface area contributed by atoms with Crippen LogP contribution in [0.15, 0.2) is 6.33 Å². The minimum Gasteiger partial charge on any atom is -0.315 e. The van der Waals surface area contributed by atoms with Gasteiger partial charge in [-0.15, -0.1) is 10.2 Å². The Morgan fingerprint density at radius 3 is 2.84 bits per heavy atom. The summed E-state index contributed by atoms with van der Waals surface area (Å²) < 4.78 is 2.15. The molecule has 1 aliphatic rings. The first-order valence-corrected chi connectivity index (χ1v) is 7.33. The van der Waals surface area contributed by atoms with Gasteiger partial charge in [-0.25, -0.2) is 0 Å². The molecule has 0 amide bonds. The van der Waals surface area contributed by atoms with Crippen molar-refractivity contribution in [3.8, 4) is 0 Å². The number of nitrogens with one attached hydrogen (secondary N) is 1. The van der Waals surface area contributed by atoms with Crippen molar-refractivity contribution in [3.63, 3.8) is 0 Å². The quantitative estimate of drug-likeness (QED) is 0.876. The zero-order valence-electron chi connectivity index (χ0n) is 12.7. The maximum Gasteiger partial charge on any atom is 0.147 e. The van der Waals surface area contributed by atoms with E-state index in [2.05, 4.69) is 52.7 Å². The van der Waals surface area contributed by atoms with Gasteiger partial charge in [-0.3, -0.25) is 4.90 Å². The second-order valence-electron chi connectivity index (χ2n) is 6.55. The second kappa shape index (κ2) is 6.01. The molecule has 1 atom stereocenters. The van der Waals surface area contributed by atoms with E-state index in [1.807, 2.05) is 6.33 Å². The fourth-order valence-electron chi connectivity index (χ4n) is 2.49. The summed E-state index contributed by atoms with van der Waals surface area (Å²) in [5.74, 6) is 1.09. The van der Waals surface area contributed by atoms with Crippen molar-refractivity contribution in [2.75, 3.05) is 19.6 Å². The molecule has 1 aromatic heterocycles. The Bertz CT molecular complexity index is 393. The smallest absolute Gasteiger partial charge is 0.147 e. The zero-order chi connectivity index (χ0) is 13.9. The van der Waals surface area contributed by atoms with Crippen molar-refractivity contribution in [1.29, 1.82) is 0 Å². The average Bonchev–Trinajstić information content (AvgIpc) is 2.80. The summed E-state index contributed by atoms with van der Waals surface area (Å²) in [6.45, 7) is 14.3. The van der Waals surface area contributed by atoms with Gasteiger partial charge in [0.1, 0.15) is 12.2 Å². The molecule has 19 heavy (non-hydrogen) atoms. The van der Waals surface area contributed by atoms with E-state index in [0.717, 1.165) is 38.5 Å². The molecule has 1 aromatic rings. The zero-order valence-corrected chi connectivity index (χ0v) is 12.7. The van der Waals surface area contributed by atoms with Crippen LogP contribution >= 0.6 is 0 Å². The molecule has 0 spiro atoms. The van der Waals surface area contributed by atoms with E-state index in [4.69, 9.17) is 0 Å². The van der Waals surface area contributed by atoms with Crippen molar-refractivity contribution in [2.24, 2.45) is 5.41 Å². The number of nitrogens with zero attached hydrogens (tertiary/aromatic N) is 4. The van der Waals surface area contributed by atoms with Crippen molar-refractivity contribution >= 4 is 0 Å². The van der Waals surface area contributed by atoms with Crippen LogP contribution in [0.1, 0.15) is 39.9 Å². The molecule has 5 nitrogen and oxygen atoms in total. The predicted octanol–water partition coefficient (Wildman–Crippen LogP) is 1.51. The summed E-state index contributed by atoms with van der Waals surface area (Å²) in [4.78, 5) is 2.49. The number of rotatable bonds is 5. The van der Waals surface area contributed by atoms with Gasteiger partial charge in [-0.1, -0.05) is 27.7 Å². The molecular weight excluding hydrogens is 238 g/mol. The van der Waals surface area contributed by atoms with Crippen LogP contribution in [0.3, 0.4) is 0 Å². The van der Waals surface area contributed by atoms with Gasteiger partial charge in [0.2, 0.25) is 0 Å².